The van der Waals surface area contributed by atoms with E-state index in [2.05, 4.69) is 15.2 Å². The van der Waals surface area contributed by atoms with E-state index in [0.29, 0.717) is 16.3 Å². The molecule has 2 aromatic rings. The van der Waals surface area contributed by atoms with Crippen LogP contribution in [0.25, 0.3) is 0 Å². The van der Waals surface area contributed by atoms with Crippen molar-refractivity contribution in [3.8, 4) is 0 Å². The molecule has 1 aromatic heterocycles. The highest BCUT2D eigenvalue weighted by molar-refractivity contribution is 7.91. The molecule has 0 bridgehead atoms. The highest BCUT2D eigenvalue weighted by Crippen LogP contribution is 2.26. The first-order valence-corrected chi connectivity index (χ1v) is 11.0. The number of nitrogens with two attached hydrogens (primary N) is 2. The Morgan fingerprint density at radius 2 is 2.03 bits per heavy atom. The van der Waals surface area contributed by atoms with Crippen molar-refractivity contribution < 1.29 is 18.0 Å². The number of rotatable bonds is 10. The minimum atomic E-state index is -4.03. The molecule has 8 N–H and O–H groups in total. The lowest BCUT2D eigenvalue weighted by atomic mass is 9.94. The van der Waals surface area contributed by atoms with Gasteiger partial charge in [0.15, 0.2) is 0 Å². The molecule has 0 aliphatic carbocycles. The normalized spacial score (nSPS) is 12.2. The number of carbonyl (C=O) groups is 1. The predicted molar refractivity (Wildman–Crippen MR) is 117 cm³/mol. The molecule has 0 spiro atoms. The van der Waals surface area contributed by atoms with Crippen molar-refractivity contribution in [2.24, 2.45) is 11.5 Å². The first-order valence-electron chi connectivity index (χ1n) is 8.98. The summed E-state index contributed by atoms with van der Waals surface area (Å²) in [6, 6.07) is 7.75. The fourth-order valence-corrected chi connectivity index (χ4v) is 4.31. The van der Waals surface area contributed by atoms with Crippen LogP contribution in [-0.4, -0.2) is 31.9 Å². The van der Waals surface area contributed by atoms with E-state index < -0.39 is 39.1 Å². The topological polar surface area (TPSA) is 193 Å². The number of benzene rings is 1. The molecule has 2 rings (SSSR count). The number of sulfonamides is 1. The Labute approximate surface area is 183 Å². The summed E-state index contributed by atoms with van der Waals surface area (Å²) in [4.78, 5) is 32.1. The second-order valence-electron chi connectivity index (χ2n) is 6.71. The molecule has 11 nitrogen and oxygen atoms in total. The van der Waals surface area contributed by atoms with Gasteiger partial charge in [0.25, 0.3) is 5.56 Å². The molecule has 1 unspecified atom stereocenters. The van der Waals surface area contributed by atoms with Crippen LogP contribution in [0.15, 0.2) is 35.1 Å². The van der Waals surface area contributed by atoms with E-state index in [4.69, 9.17) is 33.3 Å². The number of primary amides is 1. The number of aromatic nitrogens is 1. The molecule has 1 atom stereocenters. The molecule has 1 aromatic carbocycles. The minimum absolute atomic E-state index is 0.00152. The van der Waals surface area contributed by atoms with Gasteiger partial charge in [-0.05, 0) is 42.7 Å². The third-order valence-corrected chi connectivity index (χ3v) is 5.57. The largest absolute Gasteiger partial charge is 0.369 e. The molecule has 31 heavy (non-hydrogen) atoms. The average Bonchev–Trinajstić information content (AvgIpc) is 2.63. The number of hydrogen-bond acceptors (Lipinski definition) is 6. The van der Waals surface area contributed by atoms with Gasteiger partial charge in [0, 0.05) is 10.7 Å². The summed E-state index contributed by atoms with van der Waals surface area (Å²) in [6.07, 6.45) is 0.00152. The maximum Gasteiger partial charge on any atom is 0.272 e. The van der Waals surface area contributed by atoms with Gasteiger partial charge in [-0.1, -0.05) is 23.7 Å². The van der Waals surface area contributed by atoms with Gasteiger partial charge in [-0.2, -0.15) is 0 Å². The number of carbonyl (C=O) groups excluding carboxylic acids is 1. The Hall–Kier alpha value is -3.09. The number of halogens is 1. The zero-order valence-electron chi connectivity index (χ0n) is 16.6. The number of guanidine groups is 1. The molecule has 0 fully saturated rings. The Bertz CT molecular complexity index is 1130. The lowest BCUT2D eigenvalue weighted by Crippen LogP contribution is -2.32. The number of nitrogens with one attached hydrogen (secondary N) is 4. The van der Waals surface area contributed by atoms with Crippen LogP contribution in [-0.2, 0) is 25.4 Å². The summed E-state index contributed by atoms with van der Waals surface area (Å²) in [5.74, 6) is -2.70. The summed E-state index contributed by atoms with van der Waals surface area (Å²) in [5.41, 5.74) is 12.6. The predicted octanol–water partition coefficient (Wildman–Crippen LogP) is 0.652. The van der Waals surface area contributed by atoms with Gasteiger partial charge in [0.05, 0.1) is 18.3 Å². The molecular weight excluding hydrogens is 448 g/mol. The first-order chi connectivity index (χ1) is 14.5. The van der Waals surface area contributed by atoms with E-state index in [0.717, 1.165) is 0 Å². The molecule has 168 valence electrons. The third-order valence-electron chi connectivity index (χ3n) is 4.11. The van der Waals surface area contributed by atoms with Crippen molar-refractivity contribution in [3.05, 3.63) is 62.5 Å². The molecule has 0 aliphatic heterocycles. The molecule has 1 heterocycles. The smallest absolute Gasteiger partial charge is 0.272 e. The quantitative estimate of drug-likeness (QED) is 0.127. The molecular formula is C18H23ClN6O5S. The van der Waals surface area contributed by atoms with Gasteiger partial charge in [-0.3, -0.25) is 24.6 Å². The van der Waals surface area contributed by atoms with Crippen molar-refractivity contribution in [2.75, 3.05) is 11.3 Å². The van der Waals surface area contributed by atoms with Crippen LogP contribution < -0.4 is 27.2 Å². The lowest BCUT2D eigenvalue weighted by Gasteiger charge is -2.19. The Balaban J connectivity index is 2.35. The van der Waals surface area contributed by atoms with Gasteiger partial charge < -0.3 is 16.5 Å². The van der Waals surface area contributed by atoms with Crippen LogP contribution in [0.2, 0.25) is 5.02 Å². The van der Waals surface area contributed by atoms with Crippen LogP contribution >= 0.6 is 11.6 Å². The van der Waals surface area contributed by atoms with E-state index in [9.17, 15) is 18.0 Å². The fraction of sp³-hybridized carbons (Fsp3) is 0.278. The molecule has 13 heteroatoms. The van der Waals surface area contributed by atoms with Crippen LogP contribution in [0.4, 0.5) is 5.69 Å². The van der Waals surface area contributed by atoms with Gasteiger partial charge in [0.2, 0.25) is 21.9 Å². The first kappa shape index (κ1) is 24.2. The summed E-state index contributed by atoms with van der Waals surface area (Å²) in [7, 11) is -4.03. The standard InChI is InChI=1S/C18H23ClN6O5S/c1-10-7-14(13(16(20)26)5-6-30-24-18(21)22)15(17(27)23-10)25-31(28,29)9-11-3-2-4-12(19)8-11/h2-4,7-8,13,25H,5-6,9H2,1H3,(H2,20,26)(H,23,27)(H4,21,22,24). The summed E-state index contributed by atoms with van der Waals surface area (Å²) in [5, 5.41) is 7.41. The van der Waals surface area contributed by atoms with Gasteiger partial charge in [-0.15, -0.1) is 0 Å². The fourth-order valence-electron chi connectivity index (χ4n) is 2.89. The number of amides is 1. The minimum Gasteiger partial charge on any atom is -0.369 e. The number of hydrogen-bond donors (Lipinski definition) is 6. The number of anilines is 1. The number of aryl methyl sites for hydroxylation is 1. The SMILES string of the molecule is Cc1cc(C(CCONC(=N)N)C(N)=O)c(NS(=O)(=O)Cc2cccc(Cl)c2)c(=O)[nH]1. The van der Waals surface area contributed by atoms with Gasteiger partial charge in [-0.25, -0.2) is 13.9 Å². The molecule has 0 saturated carbocycles. The second kappa shape index (κ2) is 10.3. The highest BCUT2D eigenvalue weighted by atomic mass is 35.5. The van der Waals surface area contributed by atoms with E-state index in [1.54, 1.807) is 25.1 Å². The van der Waals surface area contributed by atoms with E-state index in [-0.39, 0.29) is 24.3 Å². The van der Waals surface area contributed by atoms with Crippen LogP contribution in [0, 0.1) is 12.3 Å². The molecule has 0 radical (unpaired) electrons. The zero-order chi connectivity index (χ0) is 23.2. The monoisotopic (exact) mass is 470 g/mol. The average molecular weight is 471 g/mol. The summed E-state index contributed by atoms with van der Waals surface area (Å²) in [6.45, 7) is 1.49. The van der Waals surface area contributed by atoms with Crippen molar-refractivity contribution in [3.63, 3.8) is 0 Å². The maximum absolute atomic E-state index is 12.7. The van der Waals surface area contributed by atoms with Crippen molar-refractivity contribution in [1.29, 1.82) is 5.41 Å². The molecule has 0 saturated heterocycles. The van der Waals surface area contributed by atoms with Crippen molar-refractivity contribution in [2.45, 2.75) is 25.0 Å². The Morgan fingerprint density at radius 1 is 1.32 bits per heavy atom. The molecule has 0 aliphatic rings. The summed E-state index contributed by atoms with van der Waals surface area (Å²) >= 11 is 5.90. The van der Waals surface area contributed by atoms with Crippen LogP contribution in [0.3, 0.4) is 0 Å². The van der Waals surface area contributed by atoms with Crippen LogP contribution in [0.1, 0.15) is 29.2 Å². The van der Waals surface area contributed by atoms with Crippen LogP contribution in [0.5, 0.6) is 0 Å². The summed E-state index contributed by atoms with van der Waals surface area (Å²) < 4.78 is 27.7. The number of aromatic amines is 1. The van der Waals surface area contributed by atoms with E-state index in [1.165, 1.54) is 12.1 Å². The van der Waals surface area contributed by atoms with Gasteiger partial charge >= 0.3 is 0 Å². The lowest BCUT2D eigenvalue weighted by molar-refractivity contribution is -0.120. The molecule has 1 amide bonds. The number of hydroxylamine groups is 1. The maximum atomic E-state index is 12.7. The zero-order valence-corrected chi connectivity index (χ0v) is 18.1. The Kier molecular flexibility index (Phi) is 8.02. The second-order valence-corrected chi connectivity index (χ2v) is 8.87. The third kappa shape index (κ3) is 7.27. The van der Waals surface area contributed by atoms with E-state index >= 15 is 0 Å². The highest BCUT2D eigenvalue weighted by Gasteiger charge is 2.26. The number of H-pyrrole nitrogens is 1. The van der Waals surface area contributed by atoms with Gasteiger partial charge in [0.1, 0.15) is 5.69 Å². The van der Waals surface area contributed by atoms with Crippen molar-refractivity contribution >= 4 is 39.2 Å². The number of pyridine rings is 1. The van der Waals surface area contributed by atoms with Crippen molar-refractivity contribution in [1.82, 2.24) is 10.5 Å². The van der Waals surface area contributed by atoms with E-state index in [1.807, 2.05) is 0 Å². The Morgan fingerprint density at radius 3 is 2.65 bits per heavy atom.